The topological polar surface area (TPSA) is 41.1 Å². The van der Waals surface area contributed by atoms with Gasteiger partial charge in [0.05, 0.1) is 17.4 Å². The van der Waals surface area contributed by atoms with Gasteiger partial charge < -0.3 is 10.6 Å². The quantitative estimate of drug-likeness (QED) is 0.494. The second-order valence-electron chi connectivity index (χ2n) is 8.13. The summed E-state index contributed by atoms with van der Waals surface area (Å²) in [5.41, 5.74) is 7.31. The number of ketones is 1. The smallest absolute Gasteiger partial charge is 0.163 e. The first kappa shape index (κ1) is 19.0. The van der Waals surface area contributed by atoms with Gasteiger partial charge in [-0.25, -0.2) is 0 Å². The van der Waals surface area contributed by atoms with Crippen LogP contribution >= 0.6 is 11.6 Å². The Labute approximate surface area is 181 Å². The molecule has 0 saturated carbocycles. The Balaban J connectivity index is 1.60. The number of para-hydroxylation sites is 2. The molecule has 0 bridgehead atoms. The minimum atomic E-state index is -0.208. The second kappa shape index (κ2) is 7.66. The number of benzene rings is 3. The molecular formula is C26H23ClN2O. The summed E-state index contributed by atoms with van der Waals surface area (Å²) in [5.74, 6) is 0.370. The van der Waals surface area contributed by atoms with Gasteiger partial charge in [-0.3, -0.25) is 4.79 Å². The summed E-state index contributed by atoms with van der Waals surface area (Å²) in [7, 11) is 0. The van der Waals surface area contributed by atoms with Crippen LogP contribution in [-0.2, 0) is 4.79 Å². The minimum absolute atomic E-state index is 0.181. The fourth-order valence-electron chi connectivity index (χ4n) is 4.47. The fraction of sp³-hybridized carbons (Fsp3) is 0.192. The third-order valence-electron chi connectivity index (χ3n) is 6.06. The van der Waals surface area contributed by atoms with Crippen molar-refractivity contribution < 1.29 is 4.79 Å². The number of fused-ring (bicyclic) bond motifs is 1. The molecule has 0 fully saturated rings. The number of hydrogen-bond acceptors (Lipinski definition) is 3. The van der Waals surface area contributed by atoms with Crippen molar-refractivity contribution in [3.05, 3.63) is 106 Å². The maximum Gasteiger partial charge on any atom is 0.163 e. The van der Waals surface area contributed by atoms with Crippen LogP contribution in [0.2, 0.25) is 5.02 Å². The van der Waals surface area contributed by atoms with Crippen molar-refractivity contribution in [1.82, 2.24) is 0 Å². The lowest BCUT2D eigenvalue weighted by atomic mass is 9.78. The van der Waals surface area contributed by atoms with Crippen molar-refractivity contribution in [3.8, 4) is 0 Å². The largest absolute Gasteiger partial charge is 0.372 e. The normalized spacial score (nSPS) is 20.5. The van der Waals surface area contributed by atoms with E-state index in [1.54, 1.807) is 0 Å². The van der Waals surface area contributed by atoms with Crippen molar-refractivity contribution in [2.75, 3.05) is 10.6 Å². The first-order valence-corrected chi connectivity index (χ1v) is 10.7. The standard InChI is InChI=1S/C26H23ClN2O/c1-16-6-8-17(9-7-16)19-14-23-25(24(30)15-19)26(18-10-12-20(27)13-11-18)29-22-5-3-2-4-21(22)28-23/h2-13,19,26,28-29H,14-15H2,1H3/t19-,26+/m0/s1. The van der Waals surface area contributed by atoms with Crippen LogP contribution in [0.3, 0.4) is 0 Å². The first-order chi connectivity index (χ1) is 14.6. The molecule has 1 heterocycles. The van der Waals surface area contributed by atoms with Crippen LogP contribution in [-0.4, -0.2) is 5.78 Å². The summed E-state index contributed by atoms with van der Waals surface area (Å²) in [6.45, 7) is 2.09. The van der Waals surface area contributed by atoms with Crippen LogP contribution in [0.15, 0.2) is 84.1 Å². The molecule has 1 aliphatic carbocycles. The van der Waals surface area contributed by atoms with Crippen LogP contribution in [0.1, 0.15) is 41.5 Å². The van der Waals surface area contributed by atoms with E-state index in [0.717, 1.165) is 34.6 Å². The van der Waals surface area contributed by atoms with E-state index in [4.69, 9.17) is 11.6 Å². The van der Waals surface area contributed by atoms with Gasteiger partial charge in [-0.05, 0) is 54.7 Å². The van der Waals surface area contributed by atoms with Crippen LogP contribution < -0.4 is 10.6 Å². The molecule has 0 amide bonds. The Morgan fingerprint density at radius 3 is 2.23 bits per heavy atom. The summed E-state index contributed by atoms with van der Waals surface area (Å²) >= 11 is 6.12. The highest BCUT2D eigenvalue weighted by Gasteiger charge is 2.35. The number of aryl methyl sites for hydroxylation is 1. The molecule has 30 heavy (non-hydrogen) atoms. The summed E-state index contributed by atoms with van der Waals surface area (Å²) in [6.07, 6.45) is 1.33. The molecule has 0 spiro atoms. The molecule has 3 nitrogen and oxygen atoms in total. The van der Waals surface area contributed by atoms with Crippen LogP contribution in [0.4, 0.5) is 11.4 Å². The molecule has 5 rings (SSSR count). The van der Waals surface area contributed by atoms with E-state index >= 15 is 0 Å². The minimum Gasteiger partial charge on any atom is -0.372 e. The number of Topliss-reactive ketones (excluding diaryl/α,β-unsaturated/α-hetero) is 1. The molecule has 3 aromatic rings. The lowest BCUT2D eigenvalue weighted by molar-refractivity contribution is -0.116. The molecule has 2 aliphatic rings. The lowest BCUT2D eigenvalue weighted by Crippen LogP contribution is -2.26. The van der Waals surface area contributed by atoms with E-state index < -0.39 is 0 Å². The van der Waals surface area contributed by atoms with Gasteiger partial charge in [0, 0.05) is 22.7 Å². The van der Waals surface area contributed by atoms with Gasteiger partial charge in [-0.1, -0.05) is 65.7 Å². The highest BCUT2D eigenvalue weighted by molar-refractivity contribution is 6.30. The predicted octanol–water partition coefficient (Wildman–Crippen LogP) is 6.63. The van der Waals surface area contributed by atoms with E-state index in [2.05, 4.69) is 47.9 Å². The van der Waals surface area contributed by atoms with Crippen molar-refractivity contribution >= 4 is 28.8 Å². The second-order valence-corrected chi connectivity index (χ2v) is 8.57. The Bertz CT molecular complexity index is 1130. The Morgan fingerprint density at radius 1 is 0.833 bits per heavy atom. The summed E-state index contributed by atoms with van der Waals surface area (Å²) in [5, 5.41) is 7.88. The van der Waals surface area contributed by atoms with Gasteiger partial charge in [-0.2, -0.15) is 0 Å². The monoisotopic (exact) mass is 414 g/mol. The van der Waals surface area contributed by atoms with Crippen molar-refractivity contribution in [3.63, 3.8) is 0 Å². The number of carbonyl (C=O) groups excluding carboxylic acids is 1. The van der Waals surface area contributed by atoms with Crippen molar-refractivity contribution in [2.24, 2.45) is 0 Å². The van der Waals surface area contributed by atoms with E-state index in [1.807, 2.05) is 42.5 Å². The lowest BCUT2D eigenvalue weighted by Gasteiger charge is -2.30. The number of nitrogens with one attached hydrogen (secondary N) is 2. The summed E-state index contributed by atoms with van der Waals surface area (Å²) < 4.78 is 0. The molecule has 2 atom stereocenters. The highest BCUT2D eigenvalue weighted by Crippen LogP contribution is 2.44. The van der Waals surface area contributed by atoms with E-state index in [0.29, 0.717) is 11.4 Å². The molecule has 4 heteroatoms. The molecule has 0 saturated heterocycles. The summed E-state index contributed by atoms with van der Waals surface area (Å²) in [4.78, 5) is 13.5. The van der Waals surface area contributed by atoms with Gasteiger partial charge in [0.2, 0.25) is 0 Å². The Hall–Kier alpha value is -3.04. The number of allylic oxidation sites excluding steroid dienone is 1. The highest BCUT2D eigenvalue weighted by atomic mass is 35.5. The zero-order valence-electron chi connectivity index (χ0n) is 16.8. The van der Waals surface area contributed by atoms with Crippen molar-refractivity contribution in [2.45, 2.75) is 31.7 Å². The number of halogens is 1. The maximum absolute atomic E-state index is 13.5. The Kier molecular flexibility index (Phi) is 4.84. The average molecular weight is 415 g/mol. The Morgan fingerprint density at radius 2 is 1.50 bits per heavy atom. The molecule has 0 unspecified atom stereocenters. The average Bonchev–Trinajstić information content (AvgIpc) is 2.91. The number of hydrogen-bond donors (Lipinski definition) is 2. The molecule has 0 aromatic heterocycles. The molecular weight excluding hydrogens is 392 g/mol. The zero-order chi connectivity index (χ0) is 20.7. The number of anilines is 2. The van der Waals surface area contributed by atoms with E-state index in [-0.39, 0.29) is 17.7 Å². The van der Waals surface area contributed by atoms with Gasteiger partial charge in [0.15, 0.2) is 5.78 Å². The number of carbonyl (C=O) groups is 1. The predicted molar refractivity (Wildman–Crippen MR) is 123 cm³/mol. The SMILES string of the molecule is Cc1ccc([C@@H]2CC(=O)C3=C(C2)Nc2ccccc2N[C@@H]3c2ccc(Cl)cc2)cc1. The molecule has 150 valence electrons. The third-order valence-corrected chi connectivity index (χ3v) is 6.31. The van der Waals surface area contributed by atoms with Crippen LogP contribution in [0.5, 0.6) is 0 Å². The van der Waals surface area contributed by atoms with Crippen LogP contribution in [0, 0.1) is 6.92 Å². The molecule has 2 N–H and O–H groups in total. The first-order valence-electron chi connectivity index (χ1n) is 10.3. The van der Waals surface area contributed by atoms with E-state index in [9.17, 15) is 4.79 Å². The van der Waals surface area contributed by atoms with Crippen molar-refractivity contribution in [1.29, 1.82) is 0 Å². The molecule has 0 radical (unpaired) electrons. The van der Waals surface area contributed by atoms with Gasteiger partial charge in [0.1, 0.15) is 0 Å². The fourth-order valence-corrected chi connectivity index (χ4v) is 4.60. The van der Waals surface area contributed by atoms with E-state index in [1.165, 1.54) is 11.1 Å². The van der Waals surface area contributed by atoms with Gasteiger partial charge in [0.25, 0.3) is 0 Å². The molecule has 3 aromatic carbocycles. The summed E-state index contributed by atoms with van der Waals surface area (Å²) in [6, 6.07) is 24.2. The van der Waals surface area contributed by atoms with Crippen LogP contribution in [0.25, 0.3) is 0 Å². The van der Waals surface area contributed by atoms with Gasteiger partial charge >= 0.3 is 0 Å². The maximum atomic E-state index is 13.5. The third kappa shape index (κ3) is 3.50. The molecule has 1 aliphatic heterocycles. The zero-order valence-corrected chi connectivity index (χ0v) is 17.5. The van der Waals surface area contributed by atoms with Gasteiger partial charge in [-0.15, -0.1) is 0 Å². The number of rotatable bonds is 2.